The van der Waals surface area contributed by atoms with Crippen LogP contribution in [0.15, 0.2) is 65.1 Å². The predicted molar refractivity (Wildman–Crippen MR) is 149 cm³/mol. The Morgan fingerprint density at radius 3 is 2.06 bits per heavy atom. The molecule has 2 aromatic heterocycles. The van der Waals surface area contributed by atoms with Crippen molar-refractivity contribution in [3.05, 3.63) is 88.9 Å². The molecule has 0 saturated carbocycles. The van der Waals surface area contributed by atoms with Gasteiger partial charge >= 0.3 is 0 Å². The molecular weight excluding hydrogens is 444 g/mol. The summed E-state index contributed by atoms with van der Waals surface area (Å²) in [6.45, 7) is 21.7. The van der Waals surface area contributed by atoms with Gasteiger partial charge in [-0.25, -0.2) is 4.85 Å². The Morgan fingerprint density at radius 2 is 1.43 bits per heavy atom. The molecule has 0 spiro atoms. The SMILES string of the molecule is [C-]#[N+]c1ccc2c(oc3c(-c4cc(C)c([Si](C)(C)C)c(C)[n+]4C)c(C)ccc32)c1-c1ccccc1. The summed E-state index contributed by atoms with van der Waals surface area (Å²) in [4.78, 5) is 3.83. The molecule has 0 atom stereocenters. The minimum Gasteiger partial charge on any atom is -0.456 e. The van der Waals surface area contributed by atoms with Crippen LogP contribution in [0.5, 0.6) is 0 Å². The normalized spacial score (nSPS) is 11.8. The Kier molecular flexibility index (Phi) is 5.42. The molecule has 0 bridgehead atoms. The van der Waals surface area contributed by atoms with Gasteiger partial charge in [-0.1, -0.05) is 74.2 Å². The molecule has 5 aromatic rings. The van der Waals surface area contributed by atoms with Gasteiger partial charge in [0, 0.05) is 34.5 Å². The largest absolute Gasteiger partial charge is 0.456 e. The summed E-state index contributed by atoms with van der Waals surface area (Å²) < 4.78 is 9.06. The van der Waals surface area contributed by atoms with Crippen LogP contribution in [-0.4, -0.2) is 8.07 Å². The molecule has 0 aliphatic heterocycles. The van der Waals surface area contributed by atoms with E-state index in [0.29, 0.717) is 5.69 Å². The van der Waals surface area contributed by atoms with E-state index in [1.807, 2.05) is 42.5 Å². The van der Waals surface area contributed by atoms with Gasteiger partial charge < -0.3 is 4.42 Å². The summed E-state index contributed by atoms with van der Waals surface area (Å²) in [6, 6.07) is 20.7. The summed E-state index contributed by atoms with van der Waals surface area (Å²) >= 11 is 0. The number of aromatic nitrogens is 1. The molecule has 0 fully saturated rings. The number of fused-ring (bicyclic) bond motifs is 3. The van der Waals surface area contributed by atoms with Crippen LogP contribution in [0.4, 0.5) is 5.69 Å². The maximum absolute atomic E-state index is 7.78. The number of benzene rings is 3. The van der Waals surface area contributed by atoms with Gasteiger partial charge in [-0.15, -0.1) is 0 Å². The number of furan rings is 1. The quantitative estimate of drug-likeness (QED) is 0.148. The standard InChI is InChI=1S/C31H31N2OSi/c1-19-14-15-23-24-16-17-25(32-4)28(22-12-10-9-11-13-22)30(24)34-29(23)27(19)26-18-20(2)31(35(6,7)8)21(3)33(26)5/h9-18H,1-3,5-8H3/q+1. The summed E-state index contributed by atoms with van der Waals surface area (Å²) in [7, 11) is 0.668. The van der Waals surface area contributed by atoms with Crippen LogP contribution in [0.25, 0.3) is 49.2 Å². The summed E-state index contributed by atoms with van der Waals surface area (Å²) in [5.41, 5.74) is 10.3. The first-order valence-electron chi connectivity index (χ1n) is 12.1. The smallest absolute Gasteiger partial charge is 0.216 e. The van der Waals surface area contributed by atoms with Crippen molar-refractivity contribution in [2.45, 2.75) is 40.4 Å². The number of pyridine rings is 1. The van der Waals surface area contributed by atoms with Crippen LogP contribution < -0.4 is 9.75 Å². The van der Waals surface area contributed by atoms with Crippen LogP contribution in [0.2, 0.25) is 19.6 Å². The molecule has 174 valence electrons. The van der Waals surface area contributed by atoms with Gasteiger partial charge in [0.15, 0.2) is 11.4 Å². The van der Waals surface area contributed by atoms with E-state index in [0.717, 1.165) is 44.3 Å². The monoisotopic (exact) mass is 475 g/mol. The van der Waals surface area contributed by atoms with E-state index in [1.165, 1.54) is 22.0 Å². The Morgan fingerprint density at radius 1 is 0.800 bits per heavy atom. The number of hydrogen-bond acceptors (Lipinski definition) is 1. The second-order valence-corrected chi connectivity index (χ2v) is 15.5. The van der Waals surface area contributed by atoms with Gasteiger partial charge in [-0.05, 0) is 30.5 Å². The molecular formula is C31H31N2OSi+. The molecule has 4 heteroatoms. The number of nitrogens with zero attached hydrogens (tertiary/aromatic N) is 2. The molecule has 0 N–H and O–H groups in total. The predicted octanol–water partition coefficient (Wildman–Crippen LogP) is 7.77. The lowest BCUT2D eigenvalue weighted by molar-refractivity contribution is -0.665. The van der Waals surface area contributed by atoms with Crippen LogP contribution in [0.3, 0.4) is 0 Å². The van der Waals surface area contributed by atoms with E-state index in [-0.39, 0.29) is 0 Å². The van der Waals surface area contributed by atoms with Crippen molar-refractivity contribution in [1.29, 1.82) is 0 Å². The maximum Gasteiger partial charge on any atom is 0.216 e. The fourth-order valence-electron chi connectivity index (χ4n) is 5.67. The van der Waals surface area contributed by atoms with Gasteiger partial charge in [0.05, 0.1) is 20.2 Å². The molecule has 0 aliphatic carbocycles. The molecule has 35 heavy (non-hydrogen) atoms. The lowest BCUT2D eigenvalue weighted by Crippen LogP contribution is -2.50. The zero-order valence-electron chi connectivity index (χ0n) is 21.6. The zero-order chi connectivity index (χ0) is 25.1. The fourth-order valence-corrected chi connectivity index (χ4v) is 8.18. The zero-order valence-corrected chi connectivity index (χ0v) is 22.6. The summed E-state index contributed by atoms with van der Waals surface area (Å²) in [6.07, 6.45) is 0. The van der Waals surface area contributed by atoms with Crippen LogP contribution >= 0.6 is 0 Å². The highest BCUT2D eigenvalue weighted by molar-refractivity contribution is 6.89. The van der Waals surface area contributed by atoms with E-state index in [2.05, 4.69) is 75.1 Å². The average Bonchev–Trinajstić information content (AvgIpc) is 3.19. The third-order valence-corrected chi connectivity index (χ3v) is 9.42. The maximum atomic E-state index is 7.78. The second kappa shape index (κ2) is 8.22. The second-order valence-electron chi connectivity index (χ2n) is 10.5. The van der Waals surface area contributed by atoms with Crippen LogP contribution in [0, 0.1) is 27.3 Å². The van der Waals surface area contributed by atoms with Crippen LogP contribution in [0.1, 0.15) is 16.8 Å². The molecule has 3 nitrogen and oxygen atoms in total. The van der Waals surface area contributed by atoms with E-state index in [4.69, 9.17) is 11.0 Å². The highest BCUT2D eigenvalue weighted by Gasteiger charge is 2.30. The molecule has 2 heterocycles. The molecule has 0 aliphatic rings. The fraction of sp³-hybridized carbons (Fsp3) is 0.226. The minimum absolute atomic E-state index is 0.609. The topological polar surface area (TPSA) is 21.4 Å². The van der Waals surface area contributed by atoms with Gasteiger partial charge in [0.25, 0.3) is 0 Å². The van der Waals surface area contributed by atoms with Crippen molar-refractivity contribution in [3.8, 4) is 22.4 Å². The first-order valence-corrected chi connectivity index (χ1v) is 15.6. The van der Waals surface area contributed by atoms with Crippen molar-refractivity contribution in [2.75, 3.05) is 0 Å². The van der Waals surface area contributed by atoms with E-state index in [1.54, 1.807) is 0 Å². The number of rotatable bonds is 3. The first kappa shape index (κ1) is 23.1. The summed E-state index contributed by atoms with van der Waals surface area (Å²) in [5.74, 6) is 0. The first-order chi connectivity index (χ1) is 16.6. The van der Waals surface area contributed by atoms with E-state index < -0.39 is 8.07 Å². The number of hydrogen-bond donors (Lipinski definition) is 0. The Bertz CT molecular complexity index is 1670. The highest BCUT2D eigenvalue weighted by atomic mass is 28.3. The van der Waals surface area contributed by atoms with Gasteiger partial charge in [0.2, 0.25) is 5.69 Å². The lowest BCUT2D eigenvalue weighted by Gasteiger charge is -2.21. The lowest BCUT2D eigenvalue weighted by atomic mass is 9.97. The third kappa shape index (κ3) is 3.59. The molecule has 0 saturated heterocycles. The van der Waals surface area contributed by atoms with Crippen LogP contribution in [-0.2, 0) is 7.05 Å². The van der Waals surface area contributed by atoms with Crippen molar-refractivity contribution in [1.82, 2.24) is 0 Å². The molecule has 0 amide bonds. The molecule has 3 aromatic carbocycles. The molecule has 5 rings (SSSR count). The highest BCUT2D eigenvalue weighted by Crippen LogP contribution is 2.44. The van der Waals surface area contributed by atoms with Crippen molar-refractivity contribution in [2.24, 2.45) is 7.05 Å². The van der Waals surface area contributed by atoms with Gasteiger partial charge in [-0.3, -0.25) is 0 Å². The Hall–Kier alpha value is -3.68. The Labute approximate surface area is 208 Å². The average molecular weight is 476 g/mol. The van der Waals surface area contributed by atoms with E-state index >= 15 is 0 Å². The summed E-state index contributed by atoms with van der Waals surface area (Å²) in [5, 5.41) is 3.65. The van der Waals surface area contributed by atoms with Crippen molar-refractivity contribution >= 4 is 40.9 Å². The Balaban J connectivity index is 1.89. The molecule has 0 radical (unpaired) electrons. The third-order valence-electron chi connectivity index (χ3n) is 7.16. The van der Waals surface area contributed by atoms with E-state index in [9.17, 15) is 0 Å². The van der Waals surface area contributed by atoms with Gasteiger partial charge in [0.1, 0.15) is 18.2 Å². The minimum atomic E-state index is -1.50. The van der Waals surface area contributed by atoms with Gasteiger partial charge in [-0.2, -0.15) is 4.57 Å². The van der Waals surface area contributed by atoms with Crippen molar-refractivity contribution < 1.29 is 8.98 Å². The molecule has 0 unspecified atom stereocenters. The van der Waals surface area contributed by atoms with Crippen molar-refractivity contribution in [3.63, 3.8) is 0 Å². The number of aryl methyl sites for hydroxylation is 2.